The van der Waals surface area contributed by atoms with Crippen molar-refractivity contribution in [2.75, 3.05) is 27.3 Å². The molecule has 0 aromatic heterocycles. The minimum atomic E-state index is -0.243. The van der Waals surface area contributed by atoms with Crippen molar-refractivity contribution < 1.29 is 9.47 Å². The van der Waals surface area contributed by atoms with E-state index >= 15 is 0 Å². The van der Waals surface area contributed by atoms with E-state index < -0.39 is 0 Å². The van der Waals surface area contributed by atoms with Crippen LogP contribution in [-0.4, -0.2) is 33.1 Å². The van der Waals surface area contributed by atoms with Crippen molar-refractivity contribution in [3.8, 4) is 0 Å². The highest BCUT2D eigenvalue weighted by Gasteiger charge is 2.48. The van der Waals surface area contributed by atoms with Gasteiger partial charge in [0.2, 0.25) is 0 Å². The van der Waals surface area contributed by atoms with E-state index in [4.69, 9.17) is 9.47 Å². The molecule has 1 heterocycles. The van der Waals surface area contributed by atoms with E-state index in [9.17, 15) is 0 Å². The predicted octanol–water partition coefficient (Wildman–Crippen LogP) is 0.995. The fraction of sp³-hybridized carbons (Fsp3) is 1.00. The van der Waals surface area contributed by atoms with Crippen molar-refractivity contribution >= 4 is 0 Å². The van der Waals surface area contributed by atoms with Crippen molar-refractivity contribution in [2.24, 2.45) is 11.8 Å². The maximum atomic E-state index is 5.37. The number of rotatable bonds is 3. The van der Waals surface area contributed by atoms with E-state index in [0.717, 1.165) is 24.7 Å². The monoisotopic (exact) mass is 185 g/mol. The second kappa shape index (κ2) is 3.56. The maximum absolute atomic E-state index is 5.37. The Morgan fingerprint density at radius 2 is 1.85 bits per heavy atom. The van der Waals surface area contributed by atoms with Crippen molar-refractivity contribution in [3.05, 3.63) is 0 Å². The van der Waals surface area contributed by atoms with E-state index in [1.807, 2.05) is 0 Å². The van der Waals surface area contributed by atoms with Gasteiger partial charge in [0.15, 0.2) is 5.79 Å². The predicted molar refractivity (Wildman–Crippen MR) is 50.4 cm³/mol. The highest BCUT2D eigenvalue weighted by Crippen LogP contribution is 2.46. The first-order valence-corrected chi connectivity index (χ1v) is 5.11. The Labute approximate surface area is 79.8 Å². The lowest BCUT2D eigenvalue weighted by molar-refractivity contribution is -0.276. The molecule has 2 fully saturated rings. The Bertz CT molecular complexity index is 166. The molecule has 3 heteroatoms. The van der Waals surface area contributed by atoms with Crippen molar-refractivity contribution in [1.82, 2.24) is 5.32 Å². The van der Waals surface area contributed by atoms with Crippen molar-refractivity contribution in [1.29, 1.82) is 0 Å². The first-order chi connectivity index (χ1) is 6.29. The Kier molecular flexibility index (Phi) is 2.58. The fourth-order valence-corrected chi connectivity index (χ4v) is 2.57. The Hall–Kier alpha value is -0.120. The van der Waals surface area contributed by atoms with Gasteiger partial charge in [-0.2, -0.15) is 0 Å². The van der Waals surface area contributed by atoms with Gasteiger partial charge in [-0.3, -0.25) is 0 Å². The third kappa shape index (κ3) is 1.60. The summed E-state index contributed by atoms with van der Waals surface area (Å²) in [6.07, 6.45) is 3.48. The Morgan fingerprint density at radius 3 is 2.31 bits per heavy atom. The summed E-state index contributed by atoms with van der Waals surface area (Å²) in [6, 6.07) is 0. The number of nitrogens with one attached hydrogen (secondary N) is 1. The van der Waals surface area contributed by atoms with Crippen LogP contribution < -0.4 is 5.32 Å². The molecule has 76 valence electrons. The molecule has 0 amide bonds. The van der Waals surface area contributed by atoms with Crippen LogP contribution in [0.25, 0.3) is 0 Å². The normalized spacial score (nSPS) is 33.2. The smallest absolute Gasteiger partial charge is 0.168 e. The molecule has 1 atom stereocenters. The molecule has 1 unspecified atom stereocenters. The first kappa shape index (κ1) is 9.44. The molecule has 1 saturated heterocycles. The third-order valence-electron chi connectivity index (χ3n) is 3.66. The van der Waals surface area contributed by atoms with Gasteiger partial charge in [-0.15, -0.1) is 0 Å². The largest absolute Gasteiger partial charge is 0.353 e. The molecule has 0 aromatic rings. The van der Waals surface area contributed by atoms with E-state index in [1.54, 1.807) is 14.2 Å². The van der Waals surface area contributed by atoms with Gasteiger partial charge in [0, 0.05) is 27.1 Å². The molecule has 0 spiro atoms. The summed E-state index contributed by atoms with van der Waals surface area (Å²) in [5.74, 6) is 1.43. The second-order valence-electron chi connectivity index (χ2n) is 4.24. The summed E-state index contributed by atoms with van der Waals surface area (Å²) in [5.41, 5.74) is 0. The molecule has 0 bridgehead atoms. The summed E-state index contributed by atoms with van der Waals surface area (Å²) in [7, 11) is 3.49. The minimum Gasteiger partial charge on any atom is -0.353 e. The zero-order valence-corrected chi connectivity index (χ0v) is 8.51. The topological polar surface area (TPSA) is 30.5 Å². The van der Waals surface area contributed by atoms with Gasteiger partial charge in [0.05, 0.1) is 0 Å². The lowest BCUT2D eigenvalue weighted by Gasteiger charge is -2.47. The zero-order valence-electron chi connectivity index (χ0n) is 8.51. The molecule has 2 aliphatic rings. The highest BCUT2D eigenvalue weighted by molar-refractivity contribution is 4.93. The van der Waals surface area contributed by atoms with Crippen LogP contribution in [-0.2, 0) is 9.47 Å². The zero-order chi connectivity index (χ0) is 9.31. The van der Waals surface area contributed by atoms with Crippen LogP contribution in [0.5, 0.6) is 0 Å². The summed E-state index contributed by atoms with van der Waals surface area (Å²) < 4.78 is 10.7. The van der Waals surface area contributed by atoms with E-state index in [1.165, 1.54) is 19.5 Å². The summed E-state index contributed by atoms with van der Waals surface area (Å²) in [6.45, 7) is 2.38. The molecule has 0 radical (unpaired) electrons. The van der Waals surface area contributed by atoms with Crippen LogP contribution in [0, 0.1) is 11.8 Å². The van der Waals surface area contributed by atoms with Gasteiger partial charge in [0.1, 0.15) is 0 Å². The van der Waals surface area contributed by atoms with E-state index in [2.05, 4.69) is 5.32 Å². The van der Waals surface area contributed by atoms with Gasteiger partial charge in [-0.1, -0.05) is 0 Å². The van der Waals surface area contributed by atoms with Gasteiger partial charge >= 0.3 is 0 Å². The van der Waals surface area contributed by atoms with Crippen LogP contribution in [0.1, 0.15) is 19.3 Å². The Morgan fingerprint density at radius 1 is 1.15 bits per heavy atom. The van der Waals surface area contributed by atoms with E-state index in [0.29, 0.717) is 0 Å². The highest BCUT2D eigenvalue weighted by atomic mass is 16.7. The van der Waals surface area contributed by atoms with Gasteiger partial charge in [-0.05, 0) is 31.3 Å². The van der Waals surface area contributed by atoms with Crippen LogP contribution in [0.3, 0.4) is 0 Å². The summed E-state index contributed by atoms with van der Waals surface area (Å²) in [5, 5.41) is 3.40. The van der Waals surface area contributed by atoms with Gasteiger partial charge in [-0.25, -0.2) is 0 Å². The molecular weight excluding hydrogens is 166 g/mol. The molecule has 1 N–H and O–H groups in total. The van der Waals surface area contributed by atoms with Crippen molar-refractivity contribution in [3.63, 3.8) is 0 Å². The average Bonchev–Trinajstić information content (AvgIpc) is 2.57. The second-order valence-corrected chi connectivity index (χ2v) is 4.24. The Balaban J connectivity index is 1.82. The molecule has 1 aliphatic heterocycles. The maximum Gasteiger partial charge on any atom is 0.168 e. The van der Waals surface area contributed by atoms with Crippen LogP contribution in [0.4, 0.5) is 0 Å². The van der Waals surface area contributed by atoms with Gasteiger partial charge < -0.3 is 14.8 Å². The summed E-state index contributed by atoms with van der Waals surface area (Å²) in [4.78, 5) is 0. The minimum absolute atomic E-state index is 0.243. The molecule has 13 heavy (non-hydrogen) atoms. The number of hydrogen-bond donors (Lipinski definition) is 1. The first-order valence-electron chi connectivity index (χ1n) is 5.11. The fourth-order valence-electron chi connectivity index (χ4n) is 2.57. The van der Waals surface area contributed by atoms with Gasteiger partial charge in [0.25, 0.3) is 0 Å². The van der Waals surface area contributed by atoms with Crippen LogP contribution >= 0.6 is 0 Å². The lowest BCUT2D eigenvalue weighted by atomic mass is 9.71. The molecule has 1 aliphatic carbocycles. The molecule has 1 saturated carbocycles. The quantitative estimate of drug-likeness (QED) is 0.665. The third-order valence-corrected chi connectivity index (χ3v) is 3.66. The molecule has 3 nitrogen and oxygen atoms in total. The van der Waals surface area contributed by atoms with Crippen LogP contribution in [0.2, 0.25) is 0 Å². The lowest BCUT2D eigenvalue weighted by Crippen LogP contribution is -2.49. The van der Waals surface area contributed by atoms with E-state index in [-0.39, 0.29) is 5.79 Å². The summed E-state index contributed by atoms with van der Waals surface area (Å²) >= 11 is 0. The number of hydrogen-bond acceptors (Lipinski definition) is 3. The van der Waals surface area contributed by atoms with Crippen molar-refractivity contribution in [2.45, 2.75) is 25.0 Å². The standard InChI is InChI=1S/C10H19NO2/c1-12-10(13-2)5-9(6-10)8-3-4-11-7-8/h8-9,11H,3-7H2,1-2H3. The number of methoxy groups -OCH3 is 2. The number of ether oxygens (including phenoxy) is 2. The molecule has 2 rings (SSSR count). The van der Waals surface area contributed by atoms with Crippen LogP contribution in [0.15, 0.2) is 0 Å². The molecular formula is C10H19NO2. The molecule has 0 aromatic carbocycles. The SMILES string of the molecule is COC1(OC)CC(C2CCNC2)C1. The average molecular weight is 185 g/mol.